The molecule has 3 rings (SSSR count). The van der Waals surface area contributed by atoms with E-state index in [1.54, 1.807) is 11.0 Å². The van der Waals surface area contributed by atoms with Crippen molar-refractivity contribution < 1.29 is 4.79 Å². The Morgan fingerprint density at radius 3 is 2.57 bits per heavy atom. The van der Waals surface area contributed by atoms with Crippen molar-refractivity contribution in [3.05, 3.63) is 42.5 Å². The lowest BCUT2D eigenvalue weighted by atomic mass is 10.1. The molecule has 1 aliphatic rings. The van der Waals surface area contributed by atoms with Gasteiger partial charge in [-0.15, -0.1) is 0 Å². The van der Waals surface area contributed by atoms with Gasteiger partial charge in [-0.05, 0) is 37.0 Å². The van der Waals surface area contributed by atoms with Crippen LogP contribution < -0.4 is 0 Å². The molecule has 0 unspecified atom stereocenters. The molecule has 3 atom stereocenters. The fraction of sp³-hybridized carbons (Fsp3) is 0.438. The molecule has 0 saturated heterocycles. The predicted molar refractivity (Wildman–Crippen MR) is 79.8 cm³/mol. The minimum absolute atomic E-state index is 0.0788. The molecule has 1 fully saturated rings. The lowest BCUT2D eigenvalue weighted by Crippen LogP contribution is -2.31. The van der Waals surface area contributed by atoms with Crippen molar-refractivity contribution in [2.45, 2.75) is 26.3 Å². The number of amides is 1. The highest BCUT2D eigenvalue weighted by atomic mass is 16.2. The van der Waals surface area contributed by atoms with Crippen LogP contribution in [-0.4, -0.2) is 32.6 Å². The van der Waals surface area contributed by atoms with E-state index in [2.05, 4.69) is 23.9 Å². The van der Waals surface area contributed by atoms with Crippen molar-refractivity contribution in [3.8, 4) is 5.69 Å². The zero-order valence-electron chi connectivity index (χ0n) is 12.6. The maximum absolute atomic E-state index is 12.3. The molecule has 0 radical (unpaired) electrons. The second kappa shape index (κ2) is 5.31. The Kier molecular flexibility index (Phi) is 3.49. The molecule has 1 aliphatic carbocycles. The van der Waals surface area contributed by atoms with Gasteiger partial charge in [-0.3, -0.25) is 4.79 Å². The van der Waals surface area contributed by atoms with Crippen molar-refractivity contribution in [2.24, 2.45) is 11.8 Å². The van der Waals surface area contributed by atoms with E-state index in [0.29, 0.717) is 5.92 Å². The van der Waals surface area contributed by atoms with Crippen LogP contribution in [0.4, 0.5) is 0 Å². The first-order valence-electron chi connectivity index (χ1n) is 7.29. The third kappa shape index (κ3) is 2.68. The van der Waals surface area contributed by atoms with E-state index >= 15 is 0 Å². The molecule has 1 aromatic carbocycles. The maximum atomic E-state index is 12.3. The summed E-state index contributed by atoms with van der Waals surface area (Å²) in [4.78, 5) is 18.1. The molecular weight excluding hydrogens is 264 g/mol. The molecule has 5 nitrogen and oxygen atoms in total. The molecule has 1 saturated carbocycles. The Hall–Kier alpha value is -2.17. The number of carbonyl (C=O) groups excluding carboxylic acids is 1. The SMILES string of the molecule is C[C@@H]1C[C@@H]1C(=O)N(C)[C@H](C)c1ccc(-n2cncn2)cc1. The molecule has 21 heavy (non-hydrogen) atoms. The van der Waals surface area contributed by atoms with Crippen molar-refractivity contribution >= 4 is 5.91 Å². The molecule has 0 aliphatic heterocycles. The van der Waals surface area contributed by atoms with E-state index in [-0.39, 0.29) is 17.9 Å². The Bertz CT molecular complexity index is 620. The molecule has 1 amide bonds. The van der Waals surface area contributed by atoms with Crippen LogP contribution in [0.5, 0.6) is 0 Å². The Labute approximate surface area is 124 Å². The van der Waals surface area contributed by atoms with Gasteiger partial charge < -0.3 is 4.90 Å². The summed E-state index contributed by atoms with van der Waals surface area (Å²) in [5, 5.41) is 4.11. The number of aromatic nitrogens is 3. The van der Waals surface area contributed by atoms with Gasteiger partial charge in [0.15, 0.2) is 0 Å². The zero-order valence-corrected chi connectivity index (χ0v) is 12.6. The number of benzene rings is 1. The summed E-state index contributed by atoms with van der Waals surface area (Å²) in [7, 11) is 1.89. The second-order valence-corrected chi connectivity index (χ2v) is 5.88. The van der Waals surface area contributed by atoms with Crippen LogP contribution in [0.3, 0.4) is 0 Å². The largest absolute Gasteiger partial charge is 0.339 e. The van der Waals surface area contributed by atoms with Gasteiger partial charge in [-0.2, -0.15) is 5.10 Å². The summed E-state index contributed by atoms with van der Waals surface area (Å²) in [5.41, 5.74) is 2.09. The molecule has 1 heterocycles. The van der Waals surface area contributed by atoms with Gasteiger partial charge in [-0.25, -0.2) is 9.67 Å². The third-order valence-corrected chi connectivity index (χ3v) is 4.41. The molecule has 0 bridgehead atoms. The van der Waals surface area contributed by atoms with Crippen LogP contribution >= 0.6 is 0 Å². The first-order valence-corrected chi connectivity index (χ1v) is 7.29. The monoisotopic (exact) mass is 284 g/mol. The van der Waals surface area contributed by atoms with Gasteiger partial charge in [0.2, 0.25) is 5.91 Å². The number of hydrogen-bond acceptors (Lipinski definition) is 3. The summed E-state index contributed by atoms with van der Waals surface area (Å²) in [6.45, 7) is 4.20. The van der Waals surface area contributed by atoms with Crippen LogP contribution in [0.1, 0.15) is 31.9 Å². The molecule has 110 valence electrons. The van der Waals surface area contributed by atoms with Gasteiger partial charge in [0, 0.05) is 13.0 Å². The number of nitrogens with zero attached hydrogens (tertiary/aromatic N) is 4. The molecular formula is C16H20N4O. The standard InChI is InChI=1S/C16H20N4O/c1-11-8-15(11)16(21)19(3)12(2)13-4-6-14(7-5-13)20-10-17-9-18-20/h4-7,9-12,15H,8H2,1-3H3/t11-,12-,15+/m1/s1. The first kappa shape index (κ1) is 13.8. The lowest BCUT2D eigenvalue weighted by molar-refractivity contribution is -0.133. The van der Waals surface area contributed by atoms with Gasteiger partial charge >= 0.3 is 0 Å². The van der Waals surface area contributed by atoms with Crippen LogP contribution in [0.15, 0.2) is 36.9 Å². The van der Waals surface area contributed by atoms with E-state index in [1.807, 2.05) is 36.2 Å². The normalized spacial score (nSPS) is 21.9. The number of carbonyl (C=O) groups is 1. The Morgan fingerprint density at radius 2 is 2.05 bits per heavy atom. The highest BCUT2D eigenvalue weighted by Crippen LogP contribution is 2.40. The number of rotatable bonds is 4. The Morgan fingerprint density at radius 1 is 1.38 bits per heavy atom. The minimum Gasteiger partial charge on any atom is -0.339 e. The second-order valence-electron chi connectivity index (χ2n) is 5.88. The highest BCUT2D eigenvalue weighted by Gasteiger charge is 2.41. The fourth-order valence-electron chi connectivity index (χ4n) is 2.59. The molecule has 1 aromatic heterocycles. The molecule has 0 spiro atoms. The predicted octanol–water partition coefficient (Wildman–Crippen LogP) is 2.44. The average molecular weight is 284 g/mol. The summed E-state index contributed by atoms with van der Waals surface area (Å²) in [6, 6.07) is 8.16. The van der Waals surface area contributed by atoms with Crippen LogP contribution in [-0.2, 0) is 4.79 Å². The van der Waals surface area contributed by atoms with Crippen LogP contribution in [0.2, 0.25) is 0 Å². The van der Waals surface area contributed by atoms with Gasteiger partial charge in [-0.1, -0.05) is 19.1 Å². The van der Waals surface area contributed by atoms with Gasteiger partial charge in [0.05, 0.1) is 11.7 Å². The van der Waals surface area contributed by atoms with E-state index in [0.717, 1.165) is 17.7 Å². The first-order chi connectivity index (χ1) is 10.1. The molecule has 2 aromatic rings. The van der Waals surface area contributed by atoms with Crippen molar-refractivity contribution in [3.63, 3.8) is 0 Å². The van der Waals surface area contributed by atoms with E-state index in [9.17, 15) is 4.79 Å². The van der Waals surface area contributed by atoms with E-state index < -0.39 is 0 Å². The van der Waals surface area contributed by atoms with Crippen LogP contribution in [0.25, 0.3) is 5.69 Å². The smallest absolute Gasteiger partial charge is 0.226 e. The van der Waals surface area contributed by atoms with Crippen molar-refractivity contribution in [2.75, 3.05) is 7.05 Å². The molecule has 0 N–H and O–H groups in total. The summed E-state index contributed by atoms with van der Waals surface area (Å²) in [5.74, 6) is 1.03. The highest BCUT2D eigenvalue weighted by molar-refractivity contribution is 5.81. The van der Waals surface area contributed by atoms with Crippen LogP contribution in [0, 0.1) is 11.8 Å². The lowest BCUT2D eigenvalue weighted by Gasteiger charge is -2.25. The minimum atomic E-state index is 0.0788. The molecule has 5 heteroatoms. The van der Waals surface area contributed by atoms with Crippen molar-refractivity contribution in [1.29, 1.82) is 0 Å². The summed E-state index contributed by atoms with van der Waals surface area (Å²) >= 11 is 0. The van der Waals surface area contributed by atoms with Crippen molar-refractivity contribution in [1.82, 2.24) is 19.7 Å². The van der Waals surface area contributed by atoms with Gasteiger partial charge in [0.25, 0.3) is 0 Å². The topological polar surface area (TPSA) is 51.0 Å². The van der Waals surface area contributed by atoms with E-state index in [1.165, 1.54) is 6.33 Å². The zero-order chi connectivity index (χ0) is 15.0. The number of hydrogen-bond donors (Lipinski definition) is 0. The Balaban J connectivity index is 1.72. The maximum Gasteiger partial charge on any atom is 0.226 e. The van der Waals surface area contributed by atoms with E-state index in [4.69, 9.17) is 0 Å². The van der Waals surface area contributed by atoms with Gasteiger partial charge in [0.1, 0.15) is 12.7 Å². The summed E-state index contributed by atoms with van der Waals surface area (Å²) < 4.78 is 1.72. The summed E-state index contributed by atoms with van der Waals surface area (Å²) in [6.07, 6.45) is 4.21. The third-order valence-electron chi connectivity index (χ3n) is 4.41. The fourth-order valence-corrected chi connectivity index (χ4v) is 2.59. The quantitative estimate of drug-likeness (QED) is 0.866. The average Bonchev–Trinajstić information content (AvgIpc) is 3.02.